The molecule has 0 aliphatic carbocycles. The van der Waals surface area contributed by atoms with Gasteiger partial charge in [-0.1, -0.05) is 48.5 Å². The summed E-state index contributed by atoms with van der Waals surface area (Å²) in [6, 6.07) is 46.9. The van der Waals surface area contributed by atoms with Crippen molar-refractivity contribution >= 4 is 52.8 Å². The molecule has 27 nitrogen and oxygen atoms in total. The van der Waals surface area contributed by atoms with Crippen molar-refractivity contribution in [2.45, 2.75) is 233 Å². The lowest BCUT2D eigenvalue weighted by Gasteiger charge is -2.29. The molecule has 0 radical (unpaired) electrons. The Morgan fingerprint density at radius 1 is 0.231 bits per heavy atom. The van der Waals surface area contributed by atoms with Gasteiger partial charge < -0.3 is 122 Å². The van der Waals surface area contributed by atoms with E-state index < -0.39 is 52.8 Å². The Morgan fingerprint density at radius 2 is 0.477 bits per heavy atom. The maximum Gasteiger partial charge on any atom is 0.505 e. The third kappa shape index (κ3) is 45.6. The molecule has 0 aromatic heterocycles. The van der Waals surface area contributed by atoms with Crippen LogP contribution in [0.1, 0.15) is 205 Å². The molecule has 0 N–H and O–H groups in total. The topological polar surface area (TPSA) is 249 Å². The molecule has 0 amide bonds. The lowest BCUT2D eigenvalue weighted by Crippen LogP contribution is -2.48. The summed E-state index contributed by atoms with van der Waals surface area (Å²) in [6.07, 6.45) is 5.73. The van der Waals surface area contributed by atoms with Crippen LogP contribution < -0.4 is 42.6 Å². The van der Waals surface area contributed by atoms with E-state index in [0.29, 0.717) is 170 Å². The normalized spacial score (nSPS) is 12.6. The summed E-state index contributed by atoms with van der Waals surface area (Å²) in [7, 11) is -10.5. The molecule has 2 aliphatic rings. The van der Waals surface area contributed by atoms with Gasteiger partial charge in [-0.3, -0.25) is 0 Å². The average Bonchev–Trinajstić information content (AvgIpc) is 0.817. The fourth-order valence-electron chi connectivity index (χ4n) is 14.2. The minimum Gasteiger partial charge on any atom is -0.497 e. The van der Waals surface area contributed by atoms with E-state index in [4.69, 9.17) is 122 Å². The first kappa shape index (κ1) is 118. The van der Waals surface area contributed by atoms with Gasteiger partial charge in [-0.25, -0.2) is 0 Å². The SMILES string of the molecule is CCO[Si](CCCc1cc(OC)cc(OC)c1)(OCC)OCC.CCO[Si](CCCc1ccc(OC)cc1)(OCC)OCC.CCO[Si](CCCc1ccc2c(c1)OCCO2)(OCC)OCC.CCO[Si](Cc1ccc(OC(C)(C)C)cc1)(OCC)OCC.CCO[Si](Cc1ccc2c(c1)OCCO2)(OCC)OCC.CCOc1ccc(C[Si](OCC)(OCC)OCC)cc1. The van der Waals surface area contributed by atoms with Gasteiger partial charge in [-0.05, 0) is 297 Å². The summed E-state index contributed by atoms with van der Waals surface area (Å²) in [4.78, 5) is 0. The van der Waals surface area contributed by atoms with Crippen molar-refractivity contribution in [3.05, 3.63) is 161 Å². The molecule has 0 saturated carbocycles. The van der Waals surface area contributed by atoms with Crippen LogP contribution in [0.4, 0.5) is 0 Å². The first-order chi connectivity index (χ1) is 62.8. The van der Waals surface area contributed by atoms with E-state index in [0.717, 1.165) is 125 Å². The van der Waals surface area contributed by atoms with E-state index in [-0.39, 0.29) is 5.60 Å². The van der Waals surface area contributed by atoms with Gasteiger partial charge in [-0.2, -0.15) is 0 Å². The second kappa shape index (κ2) is 68.2. The zero-order valence-electron chi connectivity index (χ0n) is 83.9. The Kier molecular flexibility index (Phi) is 62.0. The van der Waals surface area contributed by atoms with Crippen molar-refractivity contribution in [3.8, 4) is 51.7 Å². The number of methoxy groups -OCH3 is 3. The van der Waals surface area contributed by atoms with E-state index in [1.165, 1.54) is 16.7 Å². The van der Waals surface area contributed by atoms with Gasteiger partial charge in [0.2, 0.25) is 0 Å². The van der Waals surface area contributed by atoms with Crippen LogP contribution in [-0.4, -0.2) is 232 Å². The first-order valence-electron chi connectivity index (χ1n) is 47.4. The Balaban J connectivity index is 0.000000402. The van der Waals surface area contributed by atoms with Gasteiger partial charge in [0.25, 0.3) is 0 Å². The third-order valence-corrected chi connectivity index (χ3v) is 37.6. The molecule has 740 valence electrons. The van der Waals surface area contributed by atoms with Gasteiger partial charge in [0.05, 0.1) is 27.9 Å². The number of hydrogen-bond acceptors (Lipinski definition) is 27. The average molecular weight is 1930 g/mol. The Bertz CT molecular complexity index is 3690. The quantitative estimate of drug-likeness (QED) is 0.0322. The lowest BCUT2D eigenvalue weighted by atomic mass is 10.1. The van der Waals surface area contributed by atoms with Crippen LogP contribution in [0.25, 0.3) is 0 Å². The van der Waals surface area contributed by atoms with Gasteiger partial charge in [0.15, 0.2) is 23.0 Å². The minimum absolute atomic E-state index is 0.192. The van der Waals surface area contributed by atoms with E-state index in [9.17, 15) is 0 Å². The molecule has 0 unspecified atom stereocenters. The van der Waals surface area contributed by atoms with Crippen molar-refractivity contribution < 1.29 is 122 Å². The van der Waals surface area contributed by atoms with Crippen molar-refractivity contribution in [1.82, 2.24) is 0 Å². The van der Waals surface area contributed by atoms with Crippen LogP contribution in [0.5, 0.6) is 51.7 Å². The van der Waals surface area contributed by atoms with Gasteiger partial charge in [0, 0.05) is 161 Å². The summed E-state index contributed by atoms with van der Waals surface area (Å²) in [5.41, 5.74) is 6.89. The minimum atomic E-state index is -2.68. The Morgan fingerprint density at radius 3 is 0.777 bits per heavy atom. The molecule has 33 heteroatoms. The van der Waals surface area contributed by atoms with Crippen LogP contribution in [0.2, 0.25) is 18.1 Å². The molecule has 8 rings (SSSR count). The fourth-order valence-corrected chi connectivity index (χ4v) is 29.9. The van der Waals surface area contributed by atoms with Crippen LogP contribution in [0.3, 0.4) is 0 Å². The van der Waals surface area contributed by atoms with Gasteiger partial charge in [-0.15, -0.1) is 0 Å². The van der Waals surface area contributed by atoms with E-state index >= 15 is 0 Å². The number of benzene rings is 6. The summed E-state index contributed by atoms with van der Waals surface area (Å²) >= 11 is 0. The molecular formula is C97H166O27Si6. The molecule has 0 atom stereocenters. The van der Waals surface area contributed by atoms with Crippen molar-refractivity contribution in [2.75, 3.05) is 173 Å². The molecule has 6 aromatic carbocycles. The molecule has 0 bridgehead atoms. The zero-order chi connectivity index (χ0) is 95.9. The smallest absolute Gasteiger partial charge is 0.497 e. The number of fused-ring (bicyclic) bond motifs is 2. The van der Waals surface area contributed by atoms with Crippen LogP contribution in [0.15, 0.2) is 127 Å². The molecule has 0 spiro atoms. The largest absolute Gasteiger partial charge is 0.505 e. The molecule has 2 aliphatic heterocycles. The first-order valence-corrected chi connectivity index (χ1v) is 59.0. The third-order valence-electron chi connectivity index (χ3n) is 19.0. The van der Waals surface area contributed by atoms with Crippen LogP contribution in [0, 0.1) is 0 Å². The molecule has 0 fully saturated rings. The predicted molar refractivity (Wildman–Crippen MR) is 526 cm³/mol. The summed E-state index contributed by atoms with van der Waals surface area (Å²) < 4.78 is 155. The Labute approximate surface area is 789 Å². The lowest BCUT2D eigenvalue weighted by molar-refractivity contribution is 0.0695. The summed E-state index contributed by atoms with van der Waals surface area (Å²) in [5.74, 6) is 7.51. The summed E-state index contributed by atoms with van der Waals surface area (Å²) in [5, 5.41) is 0. The Hall–Kier alpha value is -5.90. The van der Waals surface area contributed by atoms with E-state index in [2.05, 4.69) is 36.4 Å². The number of aryl methyl sites for hydroxylation is 3. The molecule has 0 saturated heterocycles. The highest BCUT2D eigenvalue weighted by atomic mass is 28.4. The maximum absolute atomic E-state index is 5.89. The maximum atomic E-state index is 5.89. The highest BCUT2D eigenvalue weighted by Crippen LogP contribution is 2.35. The molecule has 130 heavy (non-hydrogen) atoms. The van der Waals surface area contributed by atoms with Gasteiger partial charge >= 0.3 is 52.8 Å². The number of ether oxygens (including phenoxy) is 9. The highest BCUT2D eigenvalue weighted by molar-refractivity contribution is 6.62. The highest BCUT2D eigenvalue weighted by Gasteiger charge is 2.45. The fraction of sp³-hybridized carbons (Fsp3) is 0.629. The molecule has 2 heterocycles. The monoisotopic (exact) mass is 1930 g/mol. The van der Waals surface area contributed by atoms with E-state index in [1.807, 2.05) is 243 Å². The molecular weight excluding hydrogens is 1770 g/mol. The second-order valence-corrected chi connectivity index (χ2v) is 45.9. The number of rotatable bonds is 60. The molecule has 6 aromatic rings. The van der Waals surface area contributed by atoms with Crippen molar-refractivity contribution in [1.29, 1.82) is 0 Å². The van der Waals surface area contributed by atoms with E-state index in [1.54, 1.807) is 21.3 Å². The number of hydrogen-bond donors (Lipinski definition) is 0. The van der Waals surface area contributed by atoms with Crippen LogP contribution in [-0.2, 0) is 117 Å². The standard InChI is InChI=1S/C17H28O5Si.C17H30O5Si.C17H30O4Si.C16H28O4Si.C15H24O5Si.C15H26O4Si/c1-4-20-23(21-5-2,22-6-3)13-7-8-15-9-10-16-17(14-15)19-12-11-18-16;1-6-20-23(21-7-2,22-8-3)11-9-10-15-12-16(18-4)14-17(13-15)19-5;1-7-18-22(19-8-2,20-9-3)14-15-10-12-16(13-11-15)21-17(4,5)6;1-5-18-21(19-6-2,20-7-3)14-8-9-15-10-12-16(17-4)13-11-15;1-4-18-21(19-5-2,20-6-3)12-13-7-8-14-15(11-13)17-10-9-16-14;1-5-16-15-11-9-14(10-12-15)13-20(17-6-2,18-7-3)19-8-4/h9-10,14H,4-8,11-13H2,1-3H3;12-14H,6-11H2,1-5H3;10-13H,7-9,14H2,1-6H3;10-13H,5-9,14H2,1-4H3;7-8,11H,4-6,9-10,12H2,1-3H3;9-12H,5-8,13H2,1-4H3. The van der Waals surface area contributed by atoms with Gasteiger partial charge in [0.1, 0.15) is 60.8 Å². The zero-order valence-corrected chi connectivity index (χ0v) is 89.9. The van der Waals surface area contributed by atoms with Crippen molar-refractivity contribution in [2.24, 2.45) is 0 Å². The second-order valence-electron chi connectivity index (χ2n) is 29.9. The summed E-state index contributed by atoms with van der Waals surface area (Å²) in [6.45, 7) is 57.7. The predicted octanol–water partition coefficient (Wildman–Crippen LogP) is 20.6. The van der Waals surface area contributed by atoms with Crippen LogP contribution >= 0.6 is 0 Å². The van der Waals surface area contributed by atoms with Crippen molar-refractivity contribution in [3.63, 3.8) is 0 Å².